The molecule has 0 radical (unpaired) electrons. The Labute approximate surface area is 153 Å². The van der Waals surface area contributed by atoms with Crippen LogP contribution in [-0.2, 0) is 22.6 Å². The third-order valence-corrected chi connectivity index (χ3v) is 4.81. The summed E-state index contributed by atoms with van der Waals surface area (Å²) in [5.41, 5.74) is 2.70. The highest BCUT2D eigenvalue weighted by molar-refractivity contribution is 5.94. The molecule has 2 aromatic rings. The van der Waals surface area contributed by atoms with E-state index in [9.17, 15) is 9.59 Å². The highest BCUT2D eigenvalue weighted by Crippen LogP contribution is 2.31. The number of benzene rings is 2. The lowest BCUT2D eigenvalue weighted by Gasteiger charge is -2.20. The second-order valence-electron chi connectivity index (χ2n) is 6.91. The summed E-state index contributed by atoms with van der Waals surface area (Å²) in [6.45, 7) is 1.53. The first-order valence-corrected chi connectivity index (χ1v) is 9.07. The quantitative estimate of drug-likeness (QED) is 0.922. The number of rotatable bonds is 4. The van der Waals surface area contributed by atoms with Crippen LogP contribution in [0.2, 0.25) is 0 Å². The summed E-state index contributed by atoms with van der Waals surface area (Å²) in [6.07, 6.45) is 2.33. The maximum Gasteiger partial charge on any atom is 0.227 e. The first-order chi connectivity index (χ1) is 12.7. The number of hydrogen-bond donors (Lipinski definition) is 1. The van der Waals surface area contributed by atoms with Gasteiger partial charge in [0.1, 0.15) is 12.4 Å². The van der Waals surface area contributed by atoms with Crippen LogP contribution < -0.4 is 10.1 Å². The van der Waals surface area contributed by atoms with Crippen molar-refractivity contribution < 1.29 is 14.3 Å². The van der Waals surface area contributed by atoms with Crippen molar-refractivity contribution in [2.45, 2.75) is 25.8 Å². The van der Waals surface area contributed by atoms with E-state index in [4.69, 9.17) is 4.74 Å². The molecule has 0 spiro atoms. The molecule has 1 aliphatic heterocycles. The van der Waals surface area contributed by atoms with Crippen LogP contribution in [0.25, 0.3) is 0 Å². The van der Waals surface area contributed by atoms with Crippen LogP contribution in [0, 0.1) is 5.92 Å². The third-order valence-electron chi connectivity index (χ3n) is 4.81. The van der Waals surface area contributed by atoms with Crippen molar-refractivity contribution in [3.63, 3.8) is 0 Å². The lowest BCUT2D eigenvalue weighted by molar-refractivity contribution is -0.131. The first-order valence-electron chi connectivity index (χ1n) is 9.07. The molecule has 134 valence electrons. The van der Waals surface area contributed by atoms with Crippen LogP contribution in [0.3, 0.4) is 0 Å². The maximum absolute atomic E-state index is 12.7. The van der Waals surface area contributed by atoms with Gasteiger partial charge in [-0.3, -0.25) is 9.59 Å². The molecule has 0 unspecified atom stereocenters. The third kappa shape index (κ3) is 3.87. The van der Waals surface area contributed by atoms with Gasteiger partial charge in [-0.25, -0.2) is 0 Å². The first kappa shape index (κ1) is 16.6. The summed E-state index contributed by atoms with van der Waals surface area (Å²) in [5, 5.41) is 2.96. The van der Waals surface area contributed by atoms with Crippen LogP contribution in [0.4, 0.5) is 5.69 Å². The number of nitrogens with zero attached hydrogens (tertiary/aromatic N) is 1. The summed E-state index contributed by atoms with van der Waals surface area (Å²) in [5.74, 6) is 1.11. The molecule has 26 heavy (non-hydrogen) atoms. The Bertz CT molecular complexity index is 815. The van der Waals surface area contributed by atoms with Gasteiger partial charge in [0.05, 0.1) is 13.0 Å². The number of carbonyl (C=O) groups is 2. The van der Waals surface area contributed by atoms with E-state index in [1.807, 2.05) is 53.4 Å². The molecule has 5 heteroatoms. The molecule has 2 aromatic carbocycles. The number of carbonyl (C=O) groups excluding carboxylic acids is 2. The lowest BCUT2D eigenvalue weighted by Crippen LogP contribution is -2.33. The van der Waals surface area contributed by atoms with E-state index in [1.54, 1.807) is 0 Å². The Hall–Kier alpha value is -2.82. The topological polar surface area (TPSA) is 58.6 Å². The Morgan fingerprint density at radius 2 is 1.92 bits per heavy atom. The van der Waals surface area contributed by atoms with Crippen molar-refractivity contribution >= 4 is 17.5 Å². The molecule has 1 heterocycles. The normalized spacial score (nSPS) is 16.2. The van der Waals surface area contributed by atoms with Crippen LogP contribution in [0.5, 0.6) is 5.75 Å². The zero-order valence-electron chi connectivity index (χ0n) is 14.6. The number of fused-ring (bicyclic) bond motifs is 1. The van der Waals surface area contributed by atoms with Crippen molar-refractivity contribution in [1.29, 1.82) is 0 Å². The van der Waals surface area contributed by atoms with Gasteiger partial charge in [-0.05, 0) is 36.6 Å². The van der Waals surface area contributed by atoms with E-state index >= 15 is 0 Å². The highest BCUT2D eigenvalue weighted by atomic mass is 16.5. The van der Waals surface area contributed by atoms with E-state index in [1.165, 1.54) is 0 Å². The molecular weight excluding hydrogens is 328 g/mol. The summed E-state index contributed by atoms with van der Waals surface area (Å²) in [7, 11) is 0. The number of hydrogen-bond acceptors (Lipinski definition) is 3. The predicted octanol–water partition coefficient (Wildman–Crippen LogP) is 3.00. The minimum absolute atomic E-state index is 0.0801. The van der Waals surface area contributed by atoms with Crippen LogP contribution in [-0.4, -0.2) is 29.9 Å². The minimum Gasteiger partial charge on any atom is -0.491 e. The molecule has 0 atom stereocenters. The van der Waals surface area contributed by atoms with Crippen LogP contribution in [0.1, 0.15) is 24.0 Å². The molecule has 5 nitrogen and oxygen atoms in total. The zero-order chi connectivity index (χ0) is 17.9. The molecule has 1 aliphatic carbocycles. The molecule has 1 saturated carbocycles. The molecule has 0 aromatic heterocycles. The second-order valence-corrected chi connectivity index (χ2v) is 6.91. The van der Waals surface area contributed by atoms with Crippen molar-refractivity contribution in [2.75, 3.05) is 18.5 Å². The van der Waals surface area contributed by atoms with Gasteiger partial charge in [0, 0.05) is 23.7 Å². The number of amides is 2. The molecule has 0 saturated heterocycles. The van der Waals surface area contributed by atoms with Crippen molar-refractivity contribution in [3.8, 4) is 5.75 Å². The van der Waals surface area contributed by atoms with Crippen molar-refractivity contribution in [3.05, 3.63) is 59.7 Å². The molecule has 1 N–H and O–H groups in total. The summed E-state index contributed by atoms with van der Waals surface area (Å²) in [6, 6.07) is 15.4. The Morgan fingerprint density at radius 3 is 2.69 bits per heavy atom. The standard InChI is InChI=1S/C21H22N2O3/c24-20(12-15-4-2-1-3-5-15)23-10-11-26-19-9-8-18(13-17(19)14-23)22-21(25)16-6-7-16/h1-5,8-9,13,16H,6-7,10-12,14H2,(H,22,25). The Morgan fingerprint density at radius 1 is 1.12 bits per heavy atom. The van der Waals surface area contributed by atoms with E-state index < -0.39 is 0 Å². The van der Waals surface area contributed by atoms with Gasteiger partial charge in [0.15, 0.2) is 0 Å². The predicted molar refractivity (Wildman–Crippen MR) is 98.9 cm³/mol. The van der Waals surface area contributed by atoms with Gasteiger partial charge in [-0.15, -0.1) is 0 Å². The Balaban J connectivity index is 1.47. The van der Waals surface area contributed by atoms with Crippen LogP contribution in [0.15, 0.2) is 48.5 Å². The molecule has 2 amide bonds. The average molecular weight is 350 g/mol. The summed E-state index contributed by atoms with van der Waals surface area (Å²) in [4.78, 5) is 26.5. The van der Waals surface area contributed by atoms with E-state index in [2.05, 4.69) is 5.32 Å². The second kappa shape index (κ2) is 7.20. The fourth-order valence-corrected chi connectivity index (χ4v) is 3.16. The molecule has 4 rings (SSSR count). The number of anilines is 1. The van der Waals surface area contributed by atoms with E-state index in [0.717, 1.165) is 35.4 Å². The lowest BCUT2D eigenvalue weighted by atomic mass is 10.1. The van der Waals surface area contributed by atoms with Gasteiger partial charge >= 0.3 is 0 Å². The molecule has 2 aliphatic rings. The summed E-state index contributed by atoms with van der Waals surface area (Å²) < 4.78 is 5.79. The zero-order valence-corrected chi connectivity index (χ0v) is 14.6. The van der Waals surface area contributed by atoms with Gasteiger partial charge in [-0.2, -0.15) is 0 Å². The molecular formula is C21H22N2O3. The van der Waals surface area contributed by atoms with Gasteiger partial charge in [-0.1, -0.05) is 30.3 Å². The minimum atomic E-state index is 0.0801. The maximum atomic E-state index is 12.7. The van der Waals surface area contributed by atoms with Crippen molar-refractivity contribution in [2.24, 2.45) is 5.92 Å². The largest absolute Gasteiger partial charge is 0.491 e. The summed E-state index contributed by atoms with van der Waals surface area (Å²) >= 11 is 0. The Kier molecular flexibility index (Phi) is 4.61. The number of ether oxygens (including phenoxy) is 1. The van der Waals surface area contributed by atoms with E-state index in [-0.39, 0.29) is 17.7 Å². The van der Waals surface area contributed by atoms with Gasteiger partial charge < -0.3 is 15.0 Å². The van der Waals surface area contributed by atoms with Gasteiger partial charge in [0.2, 0.25) is 11.8 Å². The fraction of sp³-hybridized carbons (Fsp3) is 0.333. The smallest absolute Gasteiger partial charge is 0.227 e. The van der Waals surface area contributed by atoms with Gasteiger partial charge in [0.25, 0.3) is 0 Å². The number of nitrogens with one attached hydrogen (secondary N) is 1. The van der Waals surface area contributed by atoms with Crippen LogP contribution >= 0.6 is 0 Å². The SMILES string of the molecule is O=C(Nc1ccc2c(c1)CN(C(=O)Cc1ccccc1)CCO2)C1CC1. The molecule has 0 bridgehead atoms. The van der Waals surface area contributed by atoms with Crippen molar-refractivity contribution in [1.82, 2.24) is 4.90 Å². The highest BCUT2D eigenvalue weighted by Gasteiger charge is 2.29. The fourth-order valence-electron chi connectivity index (χ4n) is 3.16. The average Bonchev–Trinajstić information content (AvgIpc) is 3.49. The van der Waals surface area contributed by atoms with E-state index in [0.29, 0.717) is 26.1 Å². The monoisotopic (exact) mass is 350 g/mol. The molecule has 1 fully saturated rings.